The normalized spacial score (nSPS) is 12.2. The monoisotopic (exact) mass is 543 g/mol. The van der Waals surface area contributed by atoms with E-state index in [1.54, 1.807) is 0 Å². The summed E-state index contributed by atoms with van der Waals surface area (Å²) in [6.07, 6.45) is 7.95. The topological polar surface area (TPSA) is 57.2 Å². The van der Waals surface area contributed by atoms with Crippen LogP contribution in [0.3, 0.4) is 0 Å². The Balaban J connectivity index is 0. The summed E-state index contributed by atoms with van der Waals surface area (Å²) < 4.78 is 23.8. The van der Waals surface area contributed by atoms with Crippen LogP contribution >= 0.6 is 0 Å². The largest absolute Gasteiger partial charge is 0.343 e. The molecule has 0 atom stereocenters. The molecule has 1 N–H and O–H groups in total. The molecule has 0 unspecified atom stereocenters. The Hall–Kier alpha value is 0.540. The van der Waals surface area contributed by atoms with Gasteiger partial charge in [-0.3, -0.25) is 0 Å². The fourth-order valence-electron chi connectivity index (χ4n) is 2.39. The molecule has 1 radical (unpaired) electrons. The second-order valence-electron chi connectivity index (χ2n) is 6.50. The van der Waals surface area contributed by atoms with Crippen LogP contribution in [0.15, 0.2) is 0 Å². The minimum Gasteiger partial charge on any atom is -0.343 e. The van der Waals surface area contributed by atoms with Crippen LogP contribution < -0.4 is 0 Å². The number of rotatable bonds is 18. The van der Waals surface area contributed by atoms with Crippen LogP contribution in [0.1, 0.15) is 92.4 Å². The van der Waals surface area contributed by atoms with Crippen molar-refractivity contribution in [3.63, 3.8) is 0 Å². The molecule has 0 spiro atoms. The molecule has 0 aromatic carbocycles. The average Bonchev–Trinajstić information content (AvgIpc) is 2.61. The van der Waals surface area contributed by atoms with Crippen LogP contribution in [0.5, 0.6) is 0 Å². The fourth-order valence-corrected chi connectivity index (χ4v) is 2.39. The van der Waals surface area contributed by atoms with Crippen molar-refractivity contribution in [2.45, 2.75) is 104 Å². The SMILES string of the molecule is CCCCOC(O)(OCCCC)C(CC)(OCCCC)OCCCC.[Ta]. The van der Waals surface area contributed by atoms with E-state index in [1.165, 1.54) is 0 Å². The first kappa shape index (κ1) is 28.7. The van der Waals surface area contributed by atoms with Crippen LogP contribution in [0.25, 0.3) is 0 Å². The summed E-state index contributed by atoms with van der Waals surface area (Å²) in [5, 5.41) is 11.3. The van der Waals surface area contributed by atoms with E-state index in [9.17, 15) is 5.11 Å². The van der Waals surface area contributed by atoms with Gasteiger partial charge in [0.05, 0.1) is 26.4 Å². The summed E-state index contributed by atoms with van der Waals surface area (Å²) >= 11 is 0. The van der Waals surface area contributed by atoms with E-state index < -0.39 is 11.8 Å². The number of ether oxygens (including phenoxy) is 4. The Morgan fingerprint density at radius 2 is 0.885 bits per heavy atom. The summed E-state index contributed by atoms with van der Waals surface area (Å²) in [6, 6.07) is 0. The summed E-state index contributed by atoms with van der Waals surface area (Å²) in [5.74, 6) is -3.17. The first-order valence-electron chi connectivity index (χ1n) is 10.3. The third-order valence-electron chi connectivity index (χ3n) is 4.20. The van der Waals surface area contributed by atoms with Crippen molar-refractivity contribution >= 4 is 0 Å². The maximum Gasteiger partial charge on any atom is 0.338 e. The number of aliphatic hydroxyl groups is 1. The van der Waals surface area contributed by atoms with Crippen molar-refractivity contribution in [1.29, 1.82) is 0 Å². The van der Waals surface area contributed by atoms with Crippen molar-refractivity contribution in [1.82, 2.24) is 0 Å². The van der Waals surface area contributed by atoms with Crippen LogP contribution in [-0.4, -0.2) is 43.3 Å². The molecule has 0 fully saturated rings. The third-order valence-corrected chi connectivity index (χ3v) is 4.20. The van der Waals surface area contributed by atoms with E-state index in [0.717, 1.165) is 51.4 Å². The molecule has 0 rings (SSSR count). The Labute approximate surface area is 177 Å². The van der Waals surface area contributed by atoms with Gasteiger partial charge in [0.2, 0.25) is 0 Å². The molecular weight excluding hydrogens is 501 g/mol. The summed E-state index contributed by atoms with van der Waals surface area (Å²) in [4.78, 5) is 0. The molecule has 0 saturated heterocycles. The number of hydrogen-bond donors (Lipinski definition) is 1. The smallest absolute Gasteiger partial charge is 0.338 e. The van der Waals surface area contributed by atoms with E-state index in [0.29, 0.717) is 32.8 Å². The van der Waals surface area contributed by atoms with Gasteiger partial charge in [-0.25, -0.2) is 0 Å². The number of unbranched alkanes of at least 4 members (excludes halogenated alkanes) is 4. The van der Waals surface area contributed by atoms with Crippen LogP contribution in [0.4, 0.5) is 0 Å². The summed E-state index contributed by atoms with van der Waals surface area (Å²) in [6.45, 7) is 12.2. The number of hydrogen-bond acceptors (Lipinski definition) is 5. The molecule has 0 saturated carbocycles. The van der Waals surface area contributed by atoms with Crippen molar-refractivity contribution in [3.05, 3.63) is 0 Å². The first-order valence-corrected chi connectivity index (χ1v) is 10.3. The van der Waals surface area contributed by atoms with E-state index >= 15 is 0 Å². The quantitative estimate of drug-likeness (QED) is 0.195. The van der Waals surface area contributed by atoms with E-state index in [2.05, 4.69) is 27.7 Å². The van der Waals surface area contributed by atoms with Gasteiger partial charge in [-0.05, 0) is 25.7 Å². The molecule has 0 aliphatic heterocycles. The molecule has 26 heavy (non-hydrogen) atoms. The van der Waals surface area contributed by atoms with Crippen LogP contribution in [0.2, 0.25) is 0 Å². The third kappa shape index (κ3) is 10.2. The second-order valence-corrected chi connectivity index (χ2v) is 6.50. The minimum absolute atomic E-state index is 0. The molecule has 0 aromatic heterocycles. The molecule has 5 nitrogen and oxygen atoms in total. The van der Waals surface area contributed by atoms with Gasteiger partial charge in [-0.2, -0.15) is 0 Å². The van der Waals surface area contributed by atoms with Gasteiger partial charge in [-0.15, -0.1) is 0 Å². The van der Waals surface area contributed by atoms with E-state index in [-0.39, 0.29) is 22.4 Å². The molecule has 0 bridgehead atoms. The van der Waals surface area contributed by atoms with Gasteiger partial charge in [-0.1, -0.05) is 60.3 Å². The molecule has 0 aromatic rings. The van der Waals surface area contributed by atoms with Crippen molar-refractivity contribution in [2.24, 2.45) is 0 Å². The maximum atomic E-state index is 11.3. The molecule has 0 aliphatic carbocycles. The summed E-state index contributed by atoms with van der Waals surface area (Å²) in [7, 11) is 0. The van der Waals surface area contributed by atoms with Gasteiger partial charge < -0.3 is 24.1 Å². The molecule has 0 heterocycles. The molecule has 6 heteroatoms. The van der Waals surface area contributed by atoms with Gasteiger partial charge in [0, 0.05) is 28.8 Å². The fraction of sp³-hybridized carbons (Fsp3) is 1.00. The summed E-state index contributed by atoms with van der Waals surface area (Å²) in [5.41, 5.74) is 0. The maximum absolute atomic E-state index is 11.3. The minimum atomic E-state index is -1.88. The standard InChI is InChI=1S/C20H42O5.Ta/c1-6-11-15-22-19(10-5,23-16-12-7-2)20(21,24-17-13-8-3)25-18-14-9-4;/h21H,6-18H2,1-5H3;. The molecule has 0 aliphatic rings. The first-order chi connectivity index (χ1) is 12.1. The predicted molar refractivity (Wildman–Crippen MR) is 101 cm³/mol. The zero-order valence-electron chi connectivity index (χ0n) is 17.7. The second kappa shape index (κ2) is 17.6. The van der Waals surface area contributed by atoms with Gasteiger partial charge in [0.1, 0.15) is 0 Å². The van der Waals surface area contributed by atoms with E-state index in [4.69, 9.17) is 18.9 Å². The van der Waals surface area contributed by atoms with Crippen LogP contribution in [-0.2, 0) is 41.3 Å². The van der Waals surface area contributed by atoms with Crippen molar-refractivity contribution in [3.8, 4) is 0 Å². The average molecular weight is 543 g/mol. The van der Waals surface area contributed by atoms with Crippen LogP contribution in [0, 0.1) is 0 Å². The van der Waals surface area contributed by atoms with Gasteiger partial charge in [0.15, 0.2) is 0 Å². The van der Waals surface area contributed by atoms with Gasteiger partial charge >= 0.3 is 5.97 Å². The predicted octanol–water partition coefficient (Wildman–Crippen LogP) is 5.00. The Morgan fingerprint density at radius 1 is 0.577 bits per heavy atom. The van der Waals surface area contributed by atoms with Crippen molar-refractivity contribution in [2.75, 3.05) is 26.4 Å². The zero-order valence-corrected chi connectivity index (χ0v) is 20.9. The van der Waals surface area contributed by atoms with E-state index in [1.807, 2.05) is 6.92 Å². The molecule has 0 amide bonds. The molecular formula is C20H42O5Ta. The zero-order chi connectivity index (χ0) is 19.0. The molecule has 157 valence electrons. The van der Waals surface area contributed by atoms with Gasteiger partial charge in [0.25, 0.3) is 5.79 Å². The Kier molecular flexibility index (Phi) is 19.5. The Morgan fingerprint density at radius 3 is 1.15 bits per heavy atom. The Bertz CT molecular complexity index is 282. The van der Waals surface area contributed by atoms with Crippen molar-refractivity contribution < 1.29 is 46.4 Å².